The summed E-state index contributed by atoms with van der Waals surface area (Å²) in [5.74, 6) is 0. The topological polar surface area (TPSA) is 48.5 Å². The Morgan fingerprint density at radius 2 is 2.11 bits per heavy atom. The van der Waals surface area contributed by atoms with Gasteiger partial charge in [-0.25, -0.2) is 0 Å². The van der Waals surface area contributed by atoms with Crippen molar-refractivity contribution in [1.82, 2.24) is 14.2 Å². The van der Waals surface area contributed by atoms with Crippen LogP contribution in [0.5, 0.6) is 0 Å². The van der Waals surface area contributed by atoms with Gasteiger partial charge in [-0.05, 0) is 6.04 Å². The lowest BCUT2D eigenvalue weighted by molar-refractivity contribution is 0.0889. The minimum Gasteiger partial charge on any atom is -0.361 e. The van der Waals surface area contributed by atoms with Crippen LogP contribution in [0.15, 0.2) is 29.3 Å². The van der Waals surface area contributed by atoms with Gasteiger partial charge in [0.2, 0.25) is 0 Å². The number of aromatic nitrogens is 3. The summed E-state index contributed by atoms with van der Waals surface area (Å²) in [5, 5.41) is 3.98. The van der Waals surface area contributed by atoms with Crippen molar-refractivity contribution >= 4 is 13.7 Å². The van der Waals surface area contributed by atoms with Crippen LogP contribution < -0.4 is 5.56 Å². The minimum atomic E-state index is -1.05. The standard InChI is InChI=1S/C12H19N3O2Si/c1-18(2,3)9-8-17-10-14-7-5-12(16)15-11(14)4-6-13-15/h4-7H,8-10H2,1-3H3. The Bertz CT molecular complexity index is 583. The number of rotatable bonds is 5. The fraction of sp³-hybridized carbons (Fsp3) is 0.500. The molecule has 0 atom stereocenters. The van der Waals surface area contributed by atoms with Crippen molar-refractivity contribution in [3.8, 4) is 0 Å². The van der Waals surface area contributed by atoms with E-state index in [1.165, 1.54) is 10.6 Å². The Kier molecular flexibility index (Phi) is 3.67. The molecular formula is C12H19N3O2Si. The second-order valence-corrected chi connectivity index (χ2v) is 11.2. The molecule has 0 amide bonds. The van der Waals surface area contributed by atoms with E-state index in [0.29, 0.717) is 6.73 Å². The molecule has 5 nitrogen and oxygen atoms in total. The molecule has 0 unspecified atom stereocenters. The van der Waals surface area contributed by atoms with Gasteiger partial charge in [-0.1, -0.05) is 19.6 Å². The van der Waals surface area contributed by atoms with Crippen LogP contribution in [0.3, 0.4) is 0 Å². The summed E-state index contributed by atoms with van der Waals surface area (Å²) < 4.78 is 8.93. The first kappa shape index (κ1) is 13.0. The van der Waals surface area contributed by atoms with Gasteiger partial charge < -0.3 is 9.30 Å². The van der Waals surface area contributed by atoms with E-state index >= 15 is 0 Å². The fourth-order valence-electron chi connectivity index (χ4n) is 1.63. The van der Waals surface area contributed by atoms with Crippen molar-refractivity contribution in [3.63, 3.8) is 0 Å². The molecule has 2 heterocycles. The highest BCUT2D eigenvalue weighted by Gasteiger charge is 2.12. The summed E-state index contributed by atoms with van der Waals surface area (Å²) in [6, 6.07) is 4.45. The SMILES string of the molecule is C[Si](C)(C)CCOCn1ccc(=O)n2nccc12. The van der Waals surface area contributed by atoms with Crippen molar-refractivity contribution in [2.75, 3.05) is 6.61 Å². The van der Waals surface area contributed by atoms with Gasteiger partial charge in [-0.2, -0.15) is 9.61 Å². The minimum absolute atomic E-state index is 0.117. The van der Waals surface area contributed by atoms with E-state index in [9.17, 15) is 4.79 Å². The van der Waals surface area contributed by atoms with Crippen molar-refractivity contribution in [2.45, 2.75) is 32.4 Å². The molecule has 0 saturated heterocycles. The van der Waals surface area contributed by atoms with Crippen LogP contribution in [0.2, 0.25) is 25.7 Å². The molecule has 2 rings (SSSR count). The highest BCUT2D eigenvalue weighted by Crippen LogP contribution is 2.08. The maximum atomic E-state index is 11.5. The molecule has 2 aromatic heterocycles. The molecule has 2 aromatic rings. The van der Waals surface area contributed by atoms with E-state index in [2.05, 4.69) is 24.7 Å². The zero-order valence-corrected chi connectivity index (χ0v) is 12.1. The largest absolute Gasteiger partial charge is 0.361 e. The van der Waals surface area contributed by atoms with Gasteiger partial charge >= 0.3 is 0 Å². The maximum absolute atomic E-state index is 11.5. The summed E-state index contributed by atoms with van der Waals surface area (Å²) >= 11 is 0. The van der Waals surface area contributed by atoms with Crippen LogP contribution in [-0.2, 0) is 11.5 Å². The van der Waals surface area contributed by atoms with E-state index < -0.39 is 8.07 Å². The van der Waals surface area contributed by atoms with Gasteiger partial charge in [0.05, 0.1) is 6.20 Å². The number of hydrogen-bond acceptors (Lipinski definition) is 3. The molecular weight excluding hydrogens is 246 g/mol. The van der Waals surface area contributed by atoms with E-state index in [-0.39, 0.29) is 5.56 Å². The van der Waals surface area contributed by atoms with Gasteiger partial charge in [0, 0.05) is 33.0 Å². The van der Waals surface area contributed by atoms with Crippen molar-refractivity contribution in [2.24, 2.45) is 0 Å². The quantitative estimate of drug-likeness (QED) is 0.612. The fourth-order valence-corrected chi connectivity index (χ4v) is 2.39. The van der Waals surface area contributed by atoms with Gasteiger partial charge in [-0.15, -0.1) is 0 Å². The maximum Gasteiger partial charge on any atom is 0.274 e. The molecule has 0 spiro atoms. The van der Waals surface area contributed by atoms with Crippen LogP contribution in [0.4, 0.5) is 0 Å². The number of hydrogen-bond donors (Lipinski definition) is 0. The van der Waals surface area contributed by atoms with Crippen LogP contribution in [0.1, 0.15) is 0 Å². The Balaban J connectivity index is 2.02. The van der Waals surface area contributed by atoms with E-state index in [4.69, 9.17) is 4.74 Å². The third kappa shape index (κ3) is 3.08. The Morgan fingerprint density at radius 1 is 1.33 bits per heavy atom. The molecule has 18 heavy (non-hydrogen) atoms. The summed E-state index contributed by atoms with van der Waals surface area (Å²) in [5.41, 5.74) is 0.642. The predicted molar refractivity (Wildman–Crippen MR) is 73.6 cm³/mol. The van der Waals surface area contributed by atoms with Gasteiger partial charge in [0.25, 0.3) is 5.56 Å². The van der Waals surface area contributed by atoms with Crippen LogP contribution in [-0.4, -0.2) is 28.9 Å². The number of ether oxygens (including phenoxy) is 1. The van der Waals surface area contributed by atoms with E-state index in [1.54, 1.807) is 12.4 Å². The first-order valence-electron chi connectivity index (χ1n) is 6.08. The van der Waals surface area contributed by atoms with Crippen molar-refractivity contribution < 1.29 is 4.74 Å². The third-order valence-electron chi connectivity index (χ3n) is 2.75. The number of nitrogens with zero attached hydrogens (tertiary/aromatic N) is 3. The van der Waals surface area contributed by atoms with Crippen LogP contribution in [0, 0.1) is 0 Å². The van der Waals surface area contributed by atoms with E-state index in [1.807, 2.05) is 10.6 Å². The first-order valence-corrected chi connectivity index (χ1v) is 9.79. The van der Waals surface area contributed by atoms with Crippen molar-refractivity contribution in [3.05, 3.63) is 34.9 Å². The lowest BCUT2D eigenvalue weighted by Crippen LogP contribution is -2.22. The monoisotopic (exact) mass is 265 g/mol. The summed E-state index contributed by atoms with van der Waals surface area (Å²) in [7, 11) is -1.05. The molecule has 0 bridgehead atoms. The van der Waals surface area contributed by atoms with Gasteiger partial charge in [0.1, 0.15) is 12.4 Å². The molecule has 0 aliphatic carbocycles. The van der Waals surface area contributed by atoms with Gasteiger partial charge in [-0.3, -0.25) is 4.79 Å². The molecule has 0 aromatic carbocycles. The summed E-state index contributed by atoms with van der Waals surface area (Å²) in [4.78, 5) is 11.5. The molecule has 0 aliphatic rings. The average Bonchev–Trinajstić information content (AvgIpc) is 2.75. The second kappa shape index (κ2) is 5.07. The highest BCUT2D eigenvalue weighted by molar-refractivity contribution is 6.76. The zero-order chi connectivity index (χ0) is 13.2. The Hall–Kier alpha value is -1.40. The molecule has 0 aliphatic heterocycles. The molecule has 0 radical (unpaired) electrons. The summed E-state index contributed by atoms with van der Waals surface area (Å²) in [6.45, 7) is 8.20. The normalized spacial score (nSPS) is 12.2. The Labute approximate surface area is 107 Å². The lowest BCUT2D eigenvalue weighted by atomic mass is 10.6. The average molecular weight is 265 g/mol. The Morgan fingerprint density at radius 3 is 2.83 bits per heavy atom. The molecule has 0 fully saturated rings. The predicted octanol–water partition coefficient (Wildman–Crippen LogP) is 1.81. The van der Waals surface area contributed by atoms with Crippen LogP contribution >= 0.6 is 0 Å². The van der Waals surface area contributed by atoms with E-state index in [0.717, 1.165) is 18.3 Å². The lowest BCUT2D eigenvalue weighted by Gasteiger charge is -2.16. The van der Waals surface area contributed by atoms with Gasteiger partial charge in [0.15, 0.2) is 0 Å². The third-order valence-corrected chi connectivity index (χ3v) is 4.45. The van der Waals surface area contributed by atoms with Crippen molar-refractivity contribution in [1.29, 1.82) is 0 Å². The summed E-state index contributed by atoms with van der Waals surface area (Å²) in [6.07, 6.45) is 3.36. The first-order chi connectivity index (χ1) is 8.47. The molecule has 6 heteroatoms. The molecule has 98 valence electrons. The smallest absolute Gasteiger partial charge is 0.274 e. The van der Waals surface area contributed by atoms with Crippen LogP contribution in [0.25, 0.3) is 5.65 Å². The zero-order valence-electron chi connectivity index (χ0n) is 11.1. The second-order valence-electron chi connectivity index (χ2n) is 5.57. The highest BCUT2D eigenvalue weighted by atomic mass is 28.3. The number of fused-ring (bicyclic) bond motifs is 1. The molecule has 0 saturated carbocycles. The molecule has 0 N–H and O–H groups in total.